The highest BCUT2D eigenvalue weighted by Gasteiger charge is 2.23. The van der Waals surface area contributed by atoms with E-state index in [1.165, 1.54) is 6.07 Å². The largest absolute Gasteiger partial charge is 0.434 e. The van der Waals surface area contributed by atoms with Gasteiger partial charge in [0, 0.05) is 29.4 Å². The van der Waals surface area contributed by atoms with Crippen molar-refractivity contribution in [2.24, 2.45) is 0 Å². The first kappa shape index (κ1) is 18.6. The predicted molar refractivity (Wildman–Crippen MR) is 95.9 cm³/mol. The molecule has 1 fully saturated rings. The summed E-state index contributed by atoms with van der Waals surface area (Å²) in [6.07, 6.45) is 1.98. The number of anilines is 1. The van der Waals surface area contributed by atoms with Crippen LogP contribution < -0.4 is 20.7 Å². The van der Waals surface area contributed by atoms with Crippen LogP contribution in [0.1, 0.15) is 28.8 Å². The maximum Gasteiger partial charge on any atom is 0.387 e. The third kappa shape index (κ3) is 5.67. The molecule has 3 N–H and O–H groups in total. The van der Waals surface area contributed by atoms with Crippen molar-refractivity contribution in [2.75, 3.05) is 5.32 Å². The van der Waals surface area contributed by atoms with E-state index in [4.69, 9.17) is 0 Å². The molecule has 0 saturated heterocycles. The van der Waals surface area contributed by atoms with Gasteiger partial charge in [0.2, 0.25) is 0 Å². The highest BCUT2D eigenvalue weighted by molar-refractivity contribution is 5.97. The quantitative estimate of drug-likeness (QED) is 0.693. The number of para-hydroxylation sites is 1. The van der Waals surface area contributed by atoms with E-state index >= 15 is 0 Å². The number of hydrogen-bond acceptors (Lipinski definition) is 3. The van der Waals surface area contributed by atoms with E-state index in [0.717, 1.165) is 12.8 Å². The number of halogens is 2. The summed E-state index contributed by atoms with van der Waals surface area (Å²) in [6, 6.07) is 12.5. The van der Waals surface area contributed by atoms with E-state index in [0.29, 0.717) is 16.8 Å². The molecule has 0 spiro atoms. The molecule has 1 aliphatic rings. The number of nitrogens with one attached hydrogen (secondary N) is 3. The van der Waals surface area contributed by atoms with Gasteiger partial charge in [-0.05, 0) is 37.1 Å². The minimum absolute atomic E-state index is 0.00606. The van der Waals surface area contributed by atoms with Crippen molar-refractivity contribution < 1.29 is 23.1 Å². The minimum Gasteiger partial charge on any atom is -0.434 e. The Bertz CT molecular complexity index is 825. The zero-order chi connectivity index (χ0) is 19.2. The molecule has 1 aliphatic carbocycles. The van der Waals surface area contributed by atoms with Crippen LogP contribution >= 0.6 is 0 Å². The summed E-state index contributed by atoms with van der Waals surface area (Å²) in [7, 11) is 0. The van der Waals surface area contributed by atoms with Crippen molar-refractivity contribution in [3.05, 3.63) is 59.7 Å². The second-order valence-corrected chi connectivity index (χ2v) is 6.12. The van der Waals surface area contributed by atoms with Crippen LogP contribution in [0.15, 0.2) is 48.5 Å². The van der Waals surface area contributed by atoms with Gasteiger partial charge in [0.25, 0.3) is 5.91 Å². The molecule has 0 radical (unpaired) electrons. The second kappa shape index (κ2) is 8.48. The molecule has 0 bridgehead atoms. The number of amides is 3. The molecule has 2 aromatic rings. The van der Waals surface area contributed by atoms with Crippen LogP contribution in [-0.4, -0.2) is 24.6 Å². The van der Waals surface area contributed by atoms with Crippen molar-refractivity contribution in [1.82, 2.24) is 10.6 Å². The molecule has 3 amide bonds. The van der Waals surface area contributed by atoms with Crippen LogP contribution in [0.2, 0.25) is 0 Å². The number of carbonyl (C=O) groups excluding carboxylic acids is 2. The standard InChI is InChI=1S/C19H19F2N3O3/c20-18(21)27-16-7-2-1-4-13(16)11-22-19(26)24-15-6-3-5-12(10-15)17(25)23-14-8-9-14/h1-7,10,14,18H,8-9,11H2,(H,23,25)(H2,22,24,26). The third-order valence-electron chi connectivity index (χ3n) is 3.92. The van der Waals surface area contributed by atoms with Gasteiger partial charge in [-0.15, -0.1) is 0 Å². The first-order valence-electron chi connectivity index (χ1n) is 8.50. The number of urea groups is 1. The van der Waals surface area contributed by atoms with Gasteiger partial charge in [-0.1, -0.05) is 24.3 Å². The second-order valence-electron chi connectivity index (χ2n) is 6.12. The predicted octanol–water partition coefficient (Wildman–Crippen LogP) is 3.50. The number of benzene rings is 2. The van der Waals surface area contributed by atoms with Crippen molar-refractivity contribution in [3.8, 4) is 5.75 Å². The minimum atomic E-state index is -2.94. The lowest BCUT2D eigenvalue weighted by molar-refractivity contribution is -0.0504. The van der Waals surface area contributed by atoms with Crippen LogP contribution in [0, 0.1) is 0 Å². The number of rotatable bonds is 7. The Morgan fingerprint density at radius 3 is 2.63 bits per heavy atom. The lowest BCUT2D eigenvalue weighted by Gasteiger charge is -2.12. The molecule has 0 aliphatic heterocycles. The molecule has 3 rings (SSSR count). The van der Waals surface area contributed by atoms with Crippen LogP contribution in [0.25, 0.3) is 0 Å². The van der Waals surface area contributed by atoms with Gasteiger partial charge in [-0.25, -0.2) is 4.79 Å². The average molecular weight is 375 g/mol. The lowest BCUT2D eigenvalue weighted by atomic mass is 10.2. The summed E-state index contributed by atoms with van der Waals surface area (Å²) in [5.41, 5.74) is 1.33. The van der Waals surface area contributed by atoms with Crippen molar-refractivity contribution in [1.29, 1.82) is 0 Å². The smallest absolute Gasteiger partial charge is 0.387 e. The Morgan fingerprint density at radius 1 is 1.11 bits per heavy atom. The average Bonchev–Trinajstić information content (AvgIpc) is 3.45. The fourth-order valence-electron chi connectivity index (χ4n) is 2.45. The van der Waals surface area contributed by atoms with Gasteiger partial charge in [0.1, 0.15) is 5.75 Å². The van der Waals surface area contributed by atoms with Crippen molar-refractivity contribution in [3.63, 3.8) is 0 Å². The lowest BCUT2D eigenvalue weighted by Crippen LogP contribution is -2.29. The van der Waals surface area contributed by atoms with Gasteiger partial charge < -0.3 is 20.7 Å². The summed E-state index contributed by atoms with van der Waals surface area (Å²) in [4.78, 5) is 24.1. The first-order valence-corrected chi connectivity index (χ1v) is 8.50. The van der Waals surface area contributed by atoms with Crippen LogP contribution in [0.4, 0.5) is 19.3 Å². The van der Waals surface area contributed by atoms with E-state index in [1.807, 2.05) is 0 Å². The molecule has 1 saturated carbocycles. The normalized spacial score (nSPS) is 13.1. The van der Waals surface area contributed by atoms with E-state index in [2.05, 4.69) is 20.7 Å². The first-order chi connectivity index (χ1) is 13.0. The molecule has 27 heavy (non-hydrogen) atoms. The van der Waals surface area contributed by atoms with E-state index in [-0.39, 0.29) is 24.2 Å². The molecule has 142 valence electrons. The Labute approximate surface area is 154 Å². The topological polar surface area (TPSA) is 79.5 Å². The van der Waals surface area contributed by atoms with Gasteiger partial charge >= 0.3 is 12.6 Å². The summed E-state index contributed by atoms with van der Waals surface area (Å²) < 4.78 is 29.3. The third-order valence-corrected chi connectivity index (χ3v) is 3.92. The summed E-state index contributed by atoms with van der Waals surface area (Å²) in [5, 5.41) is 8.07. The molecular weight excluding hydrogens is 356 g/mol. The van der Waals surface area contributed by atoms with Gasteiger partial charge in [-0.2, -0.15) is 8.78 Å². The van der Waals surface area contributed by atoms with Gasteiger partial charge in [0.05, 0.1) is 0 Å². The fraction of sp³-hybridized carbons (Fsp3) is 0.263. The van der Waals surface area contributed by atoms with Gasteiger partial charge in [-0.3, -0.25) is 4.79 Å². The molecule has 0 unspecified atom stereocenters. The maximum absolute atomic E-state index is 12.4. The molecule has 8 heteroatoms. The number of hydrogen-bond donors (Lipinski definition) is 3. The molecule has 0 aromatic heterocycles. The number of carbonyl (C=O) groups is 2. The van der Waals surface area contributed by atoms with Crippen LogP contribution in [-0.2, 0) is 6.54 Å². The molecule has 0 heterocycles. The van der Waals surface area contributed by atoms with Crippen LogP contribution in [0.5, 0.6) is 5.75 Å². The molecule has 6 nitrogen and oxygen atoms in total. The van der Waals surface area contributed by atoms with E-state index in [1.54, 1.807) is 42.5 Å². The zero-order valence-corrected chi connectivity index (χ0v) is 14.4. The number of ether oxygens (including phenoxy) is 1. The van der Waals surface area contributed by atoms with Crippen LogP contribution in [0.3, 0.4) is 0 Å². The molecular formula is C19H19F2N3O3. The highest BCUT2D eigenvalue weighted by Crippen LogP contribution is 2.21. The zero-order valence-electron chi connectivity index (χ0n) is 14.4. The monoisotopic (exact) mass is 375 g/mol. The van der Waals surface area contributed by atoms with Crippen molar-refractivity contribution in [2.45, 2.75) is 32.0 Å². The van der Waals surface area contributed by atoms with Gasteiger partial charge in [0.15, 0.2) is 0 Å². The van der Waals surface area contributed by atoms with E-state index < -0.39 is 12.6 Å². The summed E-state index contributed by atoms with van der Waals surface area (Å²) in [6.45, 7) is -2.93. The number of alkyl halides is 2. The summed E-state index contributed by atoms with van der Waals surface area (Å²) in [5.74, 6) is -0.175. The van der Waals surface area contributed by atoms with Crippen molar-refractivity contribution >= 4 is 17.6 Å². The SMILES string of the molecule is O=C(NCc1ccccc1OC(F)F)Nc1cccc(C(=O)NC2CC2)c1. The molecule has 2 aromatic carbocycles. The summed E-state index contributed by atoms with van der Waals surface area (Å²) >= 11 is 0. The maximum atomic E-state index is 12.4. The fourth-order valence-corrected chi connectivity index (χ4v) is 2.45. The Hall–Kier alpha value is -3.16. The Balaban J connectivity index is 1.56. The molecule has 0 atom stereocenters. The Morgan fingerprint density at radius 2 is 1.89 bits per heavy atom. The highest BCUT2D eigenvalue weighted by atomic mass is 19.3. The van der Waals surface area contributed by atoms with E-state index in [9.17, 15) is 18.4 Å². The Kier molecular flexibility index (Phi) is 5.85.